The van der Waals surface area contributed by atoms with Gasteiger partial charge in [-0.15, -0.1) is 0 Å². The van der Waals surface area contributed by atoms with E-state index < -0.39 is 29.0 Å². The molecule has 0 spiro atoms. The van der Waals surface area contributed by atoms with E-state index in [-0.39, 0.29) is 39.4 Å². The number of ether oxygens (including phenoxy) is 2. The van der Waals surface area contributed by atoms with Crippen LogP contribution in [0.1, 0.15) is 38.7 Å². The van der Waals surface area contributed by atoms with Gasteiger partial charge in [-0.1, -0.05) is 23.7 Å². The number of aromatic nitrogens is 1. The van der Waals surface area contributed by atoms with Crippen LogP contribution >= 0.6 is 11.6 Å². The van der Waals surface area contributed by atoms with E-state index in [0.29, 0.717) is 36.8 Å². The molecule has 0 saturated carbocycles. The first-order chi connectivity index (χ1) is 21.7. The SMILES string of the molecule is COc1cc(OC)c(NC(=O)c2ccc(N3CC4CC(C3)c3cccc(=O)n3C4)c(NC(=O)c3c(F)cccc3F)c2)cc1Cl. The summed E-state index contributed by atoms with van der Waals surface area (Å²) in [5, 5.41) is 5.67. The number of hydrogen-bond donors (Lipinski definition) is 2. The van der Waals surface area contributed by atoms with Gasteiger partial charge in [0.1, 0.15) is 28.7 Å². The molecule has 6 rings (SSSR count). The summed E-state index contributed by atoms with van der Waals surface area (Å²) in [7, 11) is 2.89. The maximum absolute atomic E-state index is 14.6. The number of halogens is 3. The van der Waals surface area contributed by atoms with E-state index in [9.17, 15) is 23.2 Å². The quantitative estimate of drug-likeness (QED) is 0.262. The van der Waals surface area contributed by atoms with Crippen molar-refractivity contribution in [3.63, 3.8) is 0 Å². The highest BCUT2D eigenvalue weighted by Gasteiger charge is 2.35. The van der Waals surface area contributed by atoms with Crippen LogP contribution in [-0.4, -0.2) is 43.7 Å². The molecule has 2 N–H and O–H groups in total. The molecule has 2 unspecified atom stereocenters. The minimum Gasteiger partial charge on any atom is -0.495 e. The van der Waals surface area contributed by atoms with E-state index in [1.54, 1.807) is 24.3 Å². The minimum atomic E-state index is -1.01. The zero-order valence-electron chi connectivity index (χ0n) is 24.4. The van der Waals surface area contributed by atoms with Crippen molar-refractivity contribution < 1.29 is 27.8 Å². The molecule has 1 aromatic heterocycles. The lowest BCUT2D eigenvalue weighted by Crippen LogP contribution is -2.47. The molecule has 2 aliphatic heterocycles. The van der Waals surface area contributed by atoms with E-state index in [0.717, 1.165) is 24.2 Å². The monoisotopic (exact) mass is 634 g/mol. The zero-order valence-corrected chi connectivity index (χ0v) is 25.2. The molecule has 2 aliphatic rings. The fourth-order valence-electron chi connectivity index (χ4n) is 6.20. The van der Waals surface area contributed by atoms with Gasteiger partial charge in [0.05, 0.1) is 36.3 Å². The van der Waals surface area contributed by atoms with Gasteiger partial charge in [-0.2, -0.15) is 0 Å². The summed E-state index contributed by atoms with van der Waals surface area (Å²) in [6.45, 7) is 1.65. The number of methoxy groups -OCH3 is 2. The Morgan fingerprint density at radius 2 is 1.56 bits per heavy atom. The molecule has 1 saturated heterocycles. The number of hydrogen-bond acceptors (Lipinski definition) is 6. The van der Waals surface area contributed by atoms with Gasteiger partial charge in [-0.3, -0.25) is 14.4 Å². The van der Waals surface area contributed by atoms with Crippen molar-refractivity contribution in [1.29, 1.82) is 0 Å². The van der Waals surface area contributed by atoms with Crippen LogP contribution in [0.25, 0.3) is 0 Å². The predicted octanol–water partition coefficient (Wildman–Crippen LogP) is 5.93. The summed E-state index contributed by atoms with van der Waals surface area (Å²) in [5.74, 6) is -2.70. The van der Waals surface area contributed by atoms with E-state index in [2.05, 4.69) is 15.5 Å². The van der Waals surface area contributed by atoms with Gasteiger partial charge in [0.25, 0.3) is 17.4 Å². The zero-order chi connectivity index (χ0) is 31.8. The average molecular weight is 635 g/mol. The molecule has 45 heavy (non-hydrogen) atoms. The Bertz CT molecular complexity index is 1860. The highest BCUT2D eigenvalue weighted by Crippen LogP contribution is 2.40. The third-order valence-corrected chi connectivity index (χ3v) is 8.53. The summed E-state index contributed by atoms with van der Waals surface area (Å²) in [6, 6.07) is 16.2. The Kier molecular flexibility index (Phi) is 8.20. The van der Waals surface area contributed by atoms with E-state index in [1.807, 2.05) is 10.6 Å². The maximum atomic E-state index is 14.6. The number of anilines is 3. The molecule has 3 heterocycles. The van der Waals surface area contributed by atoms with Crippen molar-refractivity contribution >= 4 is 40.5 Å². The van der Waals surface area contributed by atoms with Gasteiger partial charge in [0, 0.05) is 48.9 Å². The smallest absolute Gasteiger partial charge is 0.261 e. The van der Waals surface area contributed by atoms with Crippen LogP contribution in [0.3, 0.4) is 0 Å². The Labute approximate surface area is 262 Å². The van der Waals surface area contributed by atoms with Gasteiger partial charge in [0.2, 0.25) is 0 Å². The first kappa shape index (κ1) is 30.1. The second-order valence-corrected chi connectivity index (χ2v) is 11.4. The van der Waals surface area contributed by atoms with Gasteiger partial charge < -0.3 is 29.6 Å². The number of nitrogens with zero attached hydrogens (tertiary/aromatic N) is 2. The highest BCUT2D eigenvalue weighted by molar-refractivity contribution is 6.32. The van der Waals surface area contributed by atoms with Crippen molar-refractivity contribution in [2.75, 3.05) is 42.8 Å². The molecule has 9 nitrogen and oxygen atoms in total. The van der Waals surface area contributed by atoms with Crippen molar-refractivity contribution in [2.45, 2.75) is 18.9 Å². The third kappa shape index (κ3) is 5.83. The molecule has 0 radical (unpaired) electrons. The molecule has 232 valence electrons. The van der Waals surface area contributed by atoms with Gasteiger partial charge in [-0.25, -0.2) is 8.78 Å². The molecular weight excluding hydrogens is 606 g/mol. The second-order valence-electron chi connectivity index (χ2n) is 11.0. The molecule has 3 aromatic carbocycles. The number of benzene rings is 3. The first-order valence-corrected chi connectivity index (χ1v) is 14.6. The molecule has 1 fully saturated rings. The van der Waals surface area contributed by atoms with Crippen LogP contribution in [0.5, 0.6) is 11.5 Å². The first-order valence-electron chi connectivity index (χ1n) is 14.2. The maximum Gasteiger partial charge on any atom is 0.261 e. The highest BCUT2D eigenvalue weighted by atomic mass is 35.5. The van der Waals surface area contributed by atoms with Crippen LogP contribution in [0.15, 0.2) is 71.5 Å². The predicted molar refractivity (Wildman–Crippen MR) is 167 cm³/mol. The molecule has 2 bridgehead atoms. The second kappa shape index (κ2) is 12.2. The number of pyridine rings is 1. The Morgan fingerprint density at radius 3 is 2.29 bits per heavy atom. The fourth-order valence-corrected chi connectivity index (χ4v) is 6.44. The molecule has 12 heteroatoms. The molecule has 2 atom stereocenters. The molecule has 4 aromatic rings. The topological polar surface area (TPSA) is 102 Å². The van der Waals surface area contributed by atoms with Gasteiger partial charge in [0.15, 0.2) is 0 Å². The largest absolute Gasteiger partial charge is 0.495 e. The van der Waals surface area contributed by atoms with E-state index in [4.69, 9.17) is 21.1 Å². The summed E-state index contributed by atoms with van der Waals surface area (Å²) in [6.07, 6.45) is 0.898. The van der Waals surface area contributed by atoms with Crippen molar-refractivity contribution in [1.82, 2.24) is 4.57 Å². The minimum absolute atomic E-state index is 0.0411. The lowest BCUT2D eigenvalue weighted by atomic mass is 9.83. The number of carbonyl (C=O) groups excluding carboxylic acids is 2. The summed E-state index contributed by atoms with van der Waals surface area (Å²) >= 11 is 6.28. The lowest BCUT2D eigenvalue weighted by molar-refractivity contribution is 0.101. The van der Waals surface area contributed by atoms with Crippen LogP contribution in [0.2, 0.25) is 5.02 Å². The summed E-state index contributed by atoms with van der Waals surface area (Å²) < 4.78 is 41.5. The van der Waals surface area contributed by atoms with Crippen LogP contribution in [-0.2, 0) is 6.54 Å². The van der Waals surface area contributed by atoms with Crippen molar-refractivity contribution in [2.24, 2.45) is 5.92 Å². The number of fused-ring (bicyclic) bond motifs is 4. The van der Waals surface area contributed by atoms with E-state index in [1.165, 1.54) is 38.5 Å². The molecule has 2 amide bonds. The number of rotatable bonds is 7. The van der Waals surface area contributed by atoms with Crippen molar-refractivity contribution in [3.8, 4) is 11.5 Å². The summed E-state index contributed by atoms with van der Waals surface area (Å²) in [5.41, 5.74) is 1.37. The Morgan fingerprint density at radius 1 is 0.844 bits per heavy atom. The van der Waals surface area contributed by atoms with E-state index >= 15 is 0 Å². The van der Waals surface area contributed by atoms with Crippen LogP contribution in [0.4, 0.5) is 25.8 Å². The fraction of sp³-hybridized carbons (Fsp3) is 0.242. The summed E-state index contributed by atoms with van der Waals surface area (Å²) in [4.78, 5) is 41.3. The Balaban J connectivity index is 1.36. The van der Waals surface area contributed by atoms with Crippen molar-refractivity contribution in [3.05, 3.63) is 111 Å². The lowest BCUT2D eigenvalue weighted by Gasteiger charge is -2.44. The molecular formula is C33H29ClF2N4O5. The normalized spacial score (nSPS) is 16.9. The Hall–Kier alpha value is -4.90. The number of carbonyl (C=O) groups is 2. The van der Waals surface area contributed by atoms with Gasteiger partial charge >= 0.3 is 0 Å². The average Bonchev–Trinajstić information content (AvgIpc) is 3.01. The standard InChI is InChI=1S/C33H29ClF2N4O5/c1-44-28-14-29(45-2)25(13-21(28)34)38-32(42)19-9-10-27(24(12-19)37-33(43)31-22(35)5-3-6-23(31)36)39-15-18-11-20(17-39)26-7-4-8-30(41)40(26)16-18/h3-10,12-14,18,20H,11,15-17H2,1-2H3,(H,37,43)(H,38,42). The number of amides is 2. The number of nitrogens with one attached hydrogen (secondary N) is 2. The third-order valence-electron chi connectivity index (χ3n) is 8.24. The van der Waals surface area contributed by atoms with Crippen LogP contribution in [0, 0.1) is 17.6 Å². The van der Waals surface area contributed by atoms with Crippen LogP contribution < -0.4 is 30.6 Å². The molecule has 0 aliphatic carbocycles. The van der Waals surface area contributed by atoms with Gasteiger partial charge in [-0.05, 0) is 54.8 Å². The number of piperidine rings is 1.